The Kier molecular flexibility index (Phi) is 4.37. The molecule has 122 valence electrons. The monoisotopic (exact) mass is 334 g/mol. The van der Waals surface area contributed by atoms with Gasteiger partial charge in [0.1, 0.15) is 5.82 Å². The summed E-state index contributed by atoms with van der Waals surface area (Å²) in [7, 11) is 0. The number of halogens is 1. The summed E-state index contributed by atoms with van der Waals surface area (Å²) in [5.41, 5.74) is 0.354. The van der Waals surface area contributed by atoms with E-state index in [9.17, 15) is 4.79 Å². The minimum Gasteiger partial charge on any atom is -0.379 e. The van der Waals surface area contributed by atoms with Gasteiger partial charge in [0.25, 0.3) is 5.91 Å². The number of hydrogen-bond acceptors (Lipinski definition) is 4. The van der Waals surface area contributed by atoms with E-state index in [1.165, 1.54) is 0 Å². The van der Waals surface area contributed by atoms with Crippen LogP contribution in [0.3, 0.4) is 0 Å². The van der Waals surface area contributed by atoms with Crippen LogP contribution in [0.25, 0.3) is 5.69 Å². The van der Waals surface area contributed by atoms with E-state index < -0.39 is 0 Å². The number of rotatable bonds is 4. The van der Waals surface area contributed by atoms with Gasteiger partial charge in [0.2, 0.25) is 5.82 Å². The van der Waals surface area contributed by atoms with Crippen LogP contribution in [0.15, 0.2) is 24.3 Å². The molecule has 1 aromatic carbocycles. The number of amides is 1. The number of ether oxygens (including phenoxy) is 1. The van der Waals surface area contributed by atoms with Crippen LogP contribution in [0.2, 0.25) is 5.02 Å². The second-order valence-electron chi connectivity index (χ2n) is 5.89. The van der Waals surface area contributed by atoms with Crippen LogP contribution in [-0.2, 0) is 11.2 Å². The van der Waals surface area contributed by atoms with Gasteiger partial charge in [-0.05, 0) is 25.5 Å². The summed E-state index contributed by atoms with van der Waals surface area (Å²) in [4.78, 5) is 16.8. The fraction of sp³-hybridized carbons (Fsp3) is 0.438. The van der Waals surface area contributed by atoms with E-state index in [0.717, 1.165) is 6.42 Å². The molecule has 0 bridgehead atoms. The van der Waals surface area contributed by atoms with E-state index in [0.29, 0.717) is 36.2 Å². The highest BCUT2D eigenvalue weighted by atomic mass is 35.5. The molecule has 2 heterocycles. The maximum Gasteiger partial charge on any atom is 0.291 e. The van der Waals surface area contributed by atoms with Crippen molar-refractivity contribution in [1.29, 1.82) is 0 Å². The van der Waals surface area contributed by atoms with Crippen molar-refractivity contribution >= 4 is 17.5 Å². The lowest BCUT2D eigenvalue weighted by atomic mass is 10.0. The predicted molar refractivity (Wildman–Crippen MR) is 87.1 cm³/mol. The van der Waals surface area contributed by atoms with Crippen molar-refractivity contribution in [1.82, 2.24) is 20.1 Å². The molecule has 0 saturated carbocycles. The molecule has 6 nitrogen and oxygen atoms in total. The summed E-state index contributed by atoms with van der Waals surface area (Å²) in [5, 5.41) is 7.89. The molecule has 1 N–H and O–H groups in total. The first-order valence-corrected chi connectivity index (χ1v) is 8.01. The third-order valence-electron chi connectivity index (χ3n) is 3.91. The van der Waals surface area contributed by atoms with Crippen molar-refractivity contribution in [3.8, 4) is 5.69 Å². The number of aryl methyl sites for hydroxylation is 1. The van der Waals surface area contributed by atoms with Gasteiger partial charge in [-0.15, -0.1) is 5.10 Å². The molecule has 1 saturated heterocycles. The normalized spacial score (nSPS) is 20.7. The van der Waals surface area contributed by atoms with Crippen LogP contribution < -0.4 is 5.32 Å². The quantitative estimate of drug-likeness (QED) is 0.932. The van der Waals surface area contributed by atoms with E-state index in [2.05, 4.69) is 15.4 Å². The van der Waals surface area contributed by atoms with Gasteiger partial charge in [0, 0.05) is 13.0 Å². The van der Waals surface area contributed by atoms with Crippen LogP contribution in [0, 0.1) is 0 Å². The molecule has 1 fully saturated rings. The molecular weight excluding hydrogens is 316 g/mol. The highest BCUT2D eigenvalue weighted by Crippen LogP contribution is 2.21. The molecule has 7 heteroatoms. The van der Waals surface area contributed by atoms with Crippen LogP contribution in [-0.4, -0.2) is 39.4 Å². The zero-order valence-electron chi connectivity index (χ0n) is 13.2. The Morgan fingerprint density at radius 2 is 2.26 bits per heavy atom. The Bertz CT molecular complexity index is 723. The highest BCUT2D eigenvalue weighted by Gasteiger charge is 2.32. The summed E-state index contributed by atoms with van der Waals surface area (Å²) in [6, 6.07) is 7.36. The van der Waals surface area contributed by atoms with Gasteiger partial charge in [0.05, 0.1) is 22.9 Å². The van der Waals surface area contributed by atoms with Crippen molar-refractivity contribution in [2.45, 2.75) is 32.2 Å². The lowest BCUT2D eigenvalue weighted by Gasteiger charge is -2.22. The lowest BCUT2D eigenvalue weighted by molar-refractivity contribution is 0.0879. The zero-order valence-corrected chi connectivity index (χ0v) is 13.9. The van der Waals surface area contributed by atoms with Crippen molar-refractivity contribution in [3.63, 3.8) is 0 Å². The molecule has 2 aromatic rings. The maximum atomic E-state index is 12.5. The van der Waals surface area contributed by atoms with Gasteiger partial charge in [-0.25, -0.2) is 9.67 Å². The molecule has 0 radical (unpaired) electrons. The number of aromatic nitrogens is 3. The zero-order chi connectivity index (χ0) is 16.4. The van der Waals surface area contributed by atoms with E-state index >= 15 is 0 Å². The summed E-state index contributed by atoms with van der Waals surface area (Å²) < 4.78 is 6.98. The molecule has 1 aliphatic heterocycles. The third kappa shape index (κ3) is 3.23. The van der Waals surface area contributed by atoms with Crippen LogP contribution in [0.1, 0.15) is 36.7 Å². The van der Waals surface area contributed by atoms with Gasteiger partial charge in [0.15, 0.2) is 0 Å². The van der Waals surface area contributed by atoms with Crippen LogP contribution in [0.5, 0.6) is 0 Å². The Balaban J connectivity index is 1.90. The fourth-order valence-corrected chi connectivity index (χ4v) is 2.80. The molecule has 1 aliphatic rings. The Morgan fingerprint density at radius 3 is 2.91 bits per heavy atom. The number of carbonyl (C=O) groups excluding carboxylic acids is 1. The summed E-state index contributed by atoms with van der Waals surface area (Å²) in [6.07, 6.45) is 1.43. The number of benzene rings is 1. The Morgan fingerprint density at radius 1 is 1.48 bits per heavy atom. The minimum absolute atomic E-state index is 0.148. The topological polar surface area (TPSA) is 69.0 Å². The molecule has 0 spiro atoms. The molecule has 23 heavy (non-hydrogen) atoms. The Labute approximate surface area is 139 Å². The molecule has 3 rings (SSSR count). The number of nitrogens with zero attached hydrogens (tertiary/aromatic N) is 3. The van der Waals surface area contributed by atoms with Gasteiger partial charge in [-0.3, -0.25) is 4.79 Å². The molecular formula is C16H19ClN4O2. The van der Waals surface area contributed by atoms with E-state index in [1.807, 2.05) is 32.0 Å². The summed E-state index contributed by atoms with van der Waals surface area (Å²) in [6.45, 7) is 5.08. The van der Waals surface area contributed by atoms with Crippen LogP contribution >= 0.6 is 11.6 Å². The maximum absolute atomic E-state index is 12.5. The average Bonchev–Trinajstić information content (AvgIpc) is 3.14. The summed E-state index contributed by atoms with van der Waals surface area (Å²) >= 11 is 6.23. The first-order chi connectivity index (χ1) is 11.0. The van der Waals surface area contributed by atoms with Gasteiger partial charge < -0.3 is 10.1 Å². The lowest BCUT2D eigenvalue weighted by Crippen LogP contribution is -2.46. The van der Waals surface area contributed by atoms with Crippen molar-refractivity contribution in [2.24, 2.45) is 0 Å². The van der Waals surface area contributed by atoms with E-state index in [1.54, 1.807) is 10.7 Å². The van der Waals surface area contributed by atoms with Gasteiger partial charge in [-0.2, -0.15) is 0 Å². The molecule has 1 unspecified atom stereocenters. The number of hydrogen-bond donors (Lipinski definition) is 1. The number of para-hydroxylation sites is 1. The minimum atomic E-state index is -0.362. The standard InChI is InChI=1S/C16H19ClN4O2/c1-3-13-18-14(15(22)19-16(2)8-9-23-10-16)20-21(13)12-7-5-4-6-11(12)17/h4-7H,3,8-10H2,1-2H3,(H,19,22). The van der Waals surface area contributed by atoms with Gasteiger partial charge >= 0.3 is 0 Å². The second-order valence-corrected chi connectivity index (χ2v) is 6.29. The SMILES string of the molecule is CCc1nc(C(=O)NC2(C)CCOC2)nn1-c1ccccc1Cl. The van der Waals surface area contributed by atoms with Crippen molar-refractivity contribution in [2.75, 3.05) is 13.2 Å². The average molecular weight is 335 g/mol. The molecule has 1 amide bonds. The van der Waals surface area contributed by atoms with E-state index in [-0.39, 0.29) is 17.3 Å². The smallest absolute Gasteiger partial charge is 0.291 e. The fourth-order valence-electron chi connectivity index (χ4n) is 2.58. The molecule has 1 aromatic heterocycles. The highest BCUT2D eigenvalue weighted by molar-refractivity contribution is 6.32. The van der Waals surface area contributed by atoms with Crippen molar-refractivity contribution < 1.29 is 9.53 Å². The Hall–Kier alpha value is -1.92. The van der Waals surface area contributed by atoms with Crippen LogP contribution in [0.4, 0.5) is 0 Å². The second kappa shape index (κ2) is 6.29. The molecule has 1 atom stereocenters. The van der Waals surface area contributed by atoms with E-state index in [4.69, 9.17) is 16.3 Å². The third-order valence-corrected chi connectivity index (χ3v) is 4.23. The first-order valence-electron chi connectivity index (χ1n) is 7.63. The summed E-state index contributed by atoms with van der Waals surface area (Å²) in [5.74, 6) is 0.546. The first kappa shape index (κ1) is 16.0. The number of nitrogens with one attached hydrogen (secondary N) is 1. The molecule has 0 aliphatic carbocycles. The predicted octanol–water partition coefficient (Wildman–Crippen LogP) is 2.39. The van der Waals surface area contributed by atoms with Crippen molar-refractivity contribution in [3.05, 3.63) is 40.9 Å². The van der Waals surface area contributed by atoms with Gasteiger partial charge in [-0.1, -0.05) is 30.7 Å². The largest absolute Gasteiger partial charge is 0.379 e. The number of carbonyl (C=O) groups is 1.